The van der Waals surface area contributed by atoms with Gasteiger partial charge in [0, 0.05) is 44.3 Å². The predicted molar refractivity (Wildman–Crippen MR) is 169 cm³/mol. The second-order valence-corrected chi connectivity index (χ2v) is 13.5. The van der Waals surface area contributed by atoms with Crippen LogP contribution in [0.1, 0.15) is 99.8 Å². The fourth-order valence-electron chi connectivity index (χ4n) is 5.56. The van der Waals surface area contributed by atoms with Crippen molar-refractivity contribution in [1.82, 2.24) is 4.90 Å². The van der Waals surface area contributed by atoms with Crippen LogP contribution in [-0.2, 0) is 4.74 Å². The van der Waals surface area contributed by atoms with Crippen LogP contribution in [-0.4, -0.2) is 48.4 Å². The van der Waals surface area contributed by atoms with Crippen molar-refractivity contribution in [3.8, 4) is 0 Å². The second kappa shape index (κ2) is 14.6. The highest BCUT2D eigenvalue weighted by atomic mass is 19.3. The Balaban J connectivity index is 2.37. The van der Waals surface area contributed by atoms with Crippen molar-refractivity contribution in [2.24, 2.45) is 22.7 Å². The number of nitrogens with zero attached hydrogens (tertiary/aromatic N) is 2. The molecule has 2 aliphatic carbocycles. The van der Waals surface area contributed by atoms with Gasteiger partial charge in [-0.05, 0) is 108 Å². The first-order chi connectivity index (χ1) is 19.0. The number of allylic oxidation sites excluding steroid dienone is 7. The molecule has 0 aromatic carbocycles. The summed E-state index contributed by atoms with van der Waals surface area (Å²) in [6.45, 7) is 28.0. The smallest absolute Gasteiger partial charge is 0.410 e. The fraction of sp³-hybridized carbons (Fsp3) is 0.657. The maximum atomic E-state index is 14.2. The van der Waals surface area contributed by atoms with Gasteiger partial charge in [0.05, 0.1) is 0 Å². The van der Waals surface area contributed by atoms with Gasteiger partial charge < -0.3 is 9.64 Å². The zero-order chi connectivity index (χ0) is 31.1. The van der Waals surface area contributed by atoms with Crippen molar-refractivity contribution >= 4 is 11.8 Å². The Morgan fingerprint density at radius 3 is 2.22 bits per heavy atom. The van der Waals surface area contributed by atoms with E-state index in [1.54, 1.807) is 11.9 Å². The summed E-state index contributed by atoms with van der Waals surface area (Å²) in [5, 5.41) is 0. The standard InChI is InChI=1S/C35H54F2N2O2/c1-23(2)22-39(33(40)41-34(8,9)10)19-13-14-25(5)31(24(3)4)32(27(7)38-11)30(28-16-17-28)20-26(6)29-15-12-18-35(36,37)21-29/h20,23,28-29H,3,5-6,12-19,21-22H2,1-2,4,7-11H3/b30-20-,32-31-,38-27?. The van der Waals surface area contributed by atoms with E-state index in [0.717, 1.165) is 64.8 Å². The Hall–Kier alpha value is -2.50. The van der Waals surface area contributed by atoms with Gasteiger partial charge in [-0.3, -0.25) is 4.99 Å². The molecule has 1 atom stereocenters. The molecule has 2 saturated carbocycles. The average Bonchev–Trinajstić information content (AvgIpc) is 3.68. The Labute approximate surface area is 248 Å². The molecular formula is C35H54F2N2O2. The SMILES string of the molecule is C=C(C)/C(C(=C)CCCN(CC(C)C)C(=O)OC(C)(C)C)=C(C(C)=NC)/C(=C\C(=C)C1CCCC(F)(F)C1)C1CC1. The quantitative estimate of drug-likeness (QED) is 0.163. The molecule has 230 valence electrons. The minimum Gasteiger partial charge on any atom is -0.444 e. The third kappa shape index (κ3) is 11.0. The van der Waals surface area contributed by atoms with E-state index in [4.69, 9.17) is 4.74 Å². The maximum Gasteiger partial charge on any atom is 0.410 e. The van der Waals surface area contributed by atoms with Crippen LogP contribution in [0.3, 0.4) is 0 Å². The first-order valence-corrected chi connectivity index (χ1v) is 15.2. The van der Waals surface area contributed by atoms with Crippen molar-refractivity contribution in [2.75, 3.05) is 20.1 Å². The summed E-state index contributed by atoms with van der Waals surface area (Å²) >= 11 is 0. The van der Waals surface area contributed by atoms with E-state index >= 15 is 0 Å². The van der Waals surface area contributed by atoms with Crippen LogP contribution >= 0.6 is 0 Å². The lowest BCUT2D eigenvalue weighted by Crippen LogP contribution is -2.39. The van der Waals surface area contributed by atoms with E-state index in [2.05, 4.69) is 44.7 Å². The molecular weight excluding hydrogens is 518 g/mol. The number of aliphatic imine (C=N–C) groups is 1. The Bertz CT molecular complexity index is 1080. The van der Waals surface area contributed by atoms with Crippen molar-refractivity contribution in [2.45, 2.75) is 111 Å². The minimum atomic E-state index is -2.63. The van der Waals surface area contributed by atoms with Gasteiger partial charge in [0.2, 0.25) is 5.92 Å². The number of amides is 1. The molecule has 0 saturated heterocycles. The highest BCUT2D eigenvalue weighted by Crippen LogP contribution is 2.46. The lowest BCUT2D eigenvalue weighted by atomic mass is 9.79. The Morgan fingerprint density at radius 2 is 1.73 bits per heavy atom. The number of ether oxygens (including phenoxy) is 1. The predicted octanol–water partition coefficient (Wildman–Crippen LogP) is 9.90. The van der Waals surface area contributed by atoms with Gasteiger partial charge in [0.25, 0.3) is 0 Å². The summed E-state index contributed by atoms with van der Waals surface area (Å²) in [4.78, 5) is 19.2. The molecule has 6 heteroatoms. The third-order valence-corrected chi connectivity index (χ3v) is 7.68. The van der Waals surface area contributed by atoms with Crippen LogP contribution in [0.2, 0.25) is 0 Å². The van der Waals surface area contributed by atoms with E-state index < -0.39 is 11.5 Å². The monoisotopic (exact) mass is 572 g/mol. The molecule has 0 spiro atoms. The highest BCUT2D eigenvalue weighted by Gasteiger charge is 2.38. The van der Waals surface area contributed by atoms with Crippen LogP contribution in [0.15, 0.2) is 64.2 Å². The topological polar surface area (TPSA) is 41.9 Å². The summed E-state index contributed by atoms with van der Waals surface area (Å²) in [7, 11) is 1.78. The third-order valence-electron chi connectivity index (χ3n) is 7.68. The van der Waals surface area contributed by atoms with Crippen molar-refractivity contribution < 1.29 is 18.3 Å². The van der Waals surface area contributed by atoms with Crippen molar-refractivity contribution in [3.63, 3.8) is 0 Å². The van der Waals surface area contributed by atoms with Crippen LogP contribution in [0.25, 0.3) is 0 Å². The van der Waals surface area contributed by atoms with Gasteiger partial charge in [-0.1, -0.05) is 50.8 Å². The Morgan fingerprint density at radius 1 is 1.10 bits per heavy atom. The minimum absolute atomic E-state index is 0.0368. The molecule has 1 amide bonds. The lowest BCUT2D eigenvalue weighted by molar-refractivity contribution is -0.0464. The number of carbonyl (C=O) groups is 1. The number of halogens is 2. The molecule has 2 rings (SSSR count). The molecule has 4 nitrogen and oxygen atoms in total. The summed E-state index contributed by atoms with van der Waals surface area (Å²) in [5.74, 6) is -2.18. The number of carbonyl (C=O) groups excluding carboxylic acids is 1. The summed E-state index contributed by atoms with van der Waals surface area (Å²) in [5.41, 5.74) is 6.01. The van der Waals surface area contributed by atoms with Crippen molar-refractivity contribution in [1.29, 1.82) is 0 Å². The van der Waals surface area contributed by atoms with Crippen LogP contribution < -0.4 is 0 Å². The average molecular weight is 573 g/mol. The van der Waals surface area contributed by atoms with E-state index in [1.165, 1.54) is 0 Å². The molecule has 0 aromatic rings. The van der Waals surface area contributed by atoms with E-state index in [1.807, 2.05) is 34.6 Å². The first-order valence-electron chi connectivity index (χ1n) is 15.2. The number of rotatable bonds is 13. The Kier molecular flexibility index (Phi) is 12.4. The normalized spacial score (nSPS) is 20.4. The second-order valence-electron chi connectivity index (χ2n) is 13.5. The molecule has 2 aliphatic rings. The van der Waals surface area contributed by atoms with E-state index in [-0.39, 0.29) is 24.9 Å². The van der Waals surface area contributed by atoms with Crippen LogP contribution in [0.5, 0.6) is 0 Å². The number of alkyl halides is 2. The highest BCUT2D eigenvalue weighted by molar-refractivity contribution is 6.04. The summed E-state index contributed by atoms with van der Waals surface area (Å²) in [6, 6.07) is 0. The fourth-order valence-corrected chi connectivity index (χ4v) is 5.56. The van der Waals surface area contributed by atoms with Gasteiger partial charge in [-0.25, -0.2) is 13.6 Å². The van der Waals surface area contributed by atoms with Gasteiger partial charge in [0.15, 0.2) is 0 Å². The first kappa shape index (κ1) is 34.7. The molecule has 2 fully saturated rings. The van der Waals surface area contributed by atoms with Gasteiger partial charge in [-0.15, -0.1) is 0 Å². The molecule has 0 bridgehead atoms. The molecule has 0 radical (unpaired) electrons. The zero-order valence-corrected chi connectivity index (χ0v) is 27.0. The van der Waals surface area contributed by atoms with Gasteiger partial charge in [-0.2, -0.15) is 0 Å². The molecule has 1 unspecified atom stereocenters. The largest absolute Gasteiger partial charge is 0.444 e. The molecule has 0 aromatic heterocycles. The summed E-state index contributed by atoms with van der Waals surface area (Å²) in [6.07, 6.45) is 6.36. The maximum absolute atomic E-state index is 14.2. The number of hydrogen-bond acceptors (Lipinski definition) is 3. The zero-order valence-electron chi connectivity index (χ0n) is 27.0. The van der Waals surface area contributed by atoms with Gasteiger partial charge in [0.1, 0.15) is 5.60 Å². The summed E-state index contributed by atoms with van der Waals surface area (Å²) < 4.78 is 34.1. The lowest BCUT2D eigenvalue weighted by Gasteiger charge is -2.30. The van der Waals surface area contributed by atoms with E-state index in [9.17, 15) is 13.6 Å². The van der Waals surface area contributed by atoms with Crippen LogP contribution in [0.4, 0.5) is 13.6 Å². The number of hydrogen-bond donors (Lipinski definition) is 0. The van der Waals surface area contributed by atoms with E-state index in [0.29, 0.717) is 37.8 Å². The molecule has 41 heavy (non-hydrogen) atoms. The van der Waals surface area contributed by atoms with Crippen LogP contribution in [0, 0.1) is 17.8 Å². The molecule has 0 heterocycles. The molecule has 0 aliphatic heterocycles. The van der Waals surface area contributed by atoms with Crippen molar-refractivity contribution in [3.05, 3.63) is 59.3 Å². The van der Waals surface area contributed by atoms with Gasteiger partial charge >= 0.3 is 6.09 Å². The molecule has 0 N–H and O–H groups in total.